The van der Waals surface area contributed by atoms with Crippen molar-refractivity contribution in [3.63, 3.8) is 0 Å². The molecule has 6 aromatic rings. The summed E-state index contributed by atoms with van der Waals surface area (Å²) >= 11 is 0. The van der Waals surface area contributed by atoms with Crippen molar-refractivity contribution >= 4 is 76.8 Å². The van der Waals surface area contributed by atoms with Crippen LogP contribution < -0.4 is 11.1 Å². The number of pyridine rings is 4. The van der Waals surface area contributed by atoms with Crippen molar-refractivity contribution in [2.75, 3.05) is 39.6 Å². The van der Waals surface area contributed by atoms with Crippen molar-refractivity contribution in [2.45, 2.75) is 167 Å². The fourth-order valence-electron chi connectivity index (χ4n) is 12.4. The van der Waals surface area contributed by atoms with Crippen LogP contribution >= 0.6 is 0 Å². The average molecular weight is 1360 g/mol. The first kappa shape index (κ1) is 70.1. The van der Waals surface area contributed by atoms with Crippen LogP contribution in [0.2, 0.25) is 83.6 Å². The number of phenols is 2. The van der Waals surface area contributed by atoms with Crippen LogP contribution in [0.25, 0.3) is 44.6 Å². The number of esters is 2. The molecule has 3 saturated heterocycles. The van der Waals surface area contributed by atoms with Gasteiger partial charge in [0.15, 0.2) is 66.8 Å². The van der Waals surface area contributed by atoms with Crippen molar-refractivity contribution in [3.05, 3.63) is 127 Å². The molecule has 3 fully saturated rings. The van der Waals surface area contributed by atoms with E-state index in [1.54, 1.807) is 71.5 Å². The highest BCUT2D eigenvalue weighted by atomic mass is 28.4. The van der Waals surface area contributed by atoms with Gasteiger partial charge in [-0.2, -0.15) is 0 Å². The van der Waals surface area contributed by atoms with E-state index >= 15 is 0 Å². The Morgan fingerprint density at radius 2 is 1.09 bits per heavy atom. The van der Waals surface area contributed by atoms with Crippen LogP contribution in [0.5, 0.6) is 11.5 Å². The normalized spacial score (nSPS) is 19.8. The highest BCUT2D eigenvalue weighted by molar-refractivity contribution is 6.85. The second kappa shape index (κ2) is 28.4. The van der Waals surface area contributed by atoms with Crippen LogP contribution in [0.1, 0.15) is 65.6 Å². The molecular weight excluding hydrogens is 1270 g/mol. The molecule has 498 valence electrons. The van der Waals surface area contributed by atoms with Crippen LogP contribution in [0.4, 0.5) is 0 Å². The number of hydrogen-bond donors (Lipinski definition) is 5. The number of aryl methyl sites for hydroxylation is 1. The second-order valence-electron chi connectivity index (χ2n) is 26.2. The molecule has 11 heterocycles. The van der Waals surface area contributed by atoms with E-state index in [1.165, 1.54) is 0 Å². The minimum Gasteiger partial charge on any atom is -0.508 e. The molecule has 2 aromatic carbocycles. The third-order valence-corrected chi connectivity index (χ3v) is 29.6. The highest BCUT2D eigenvalue weighted by Crippen LogP contribution is 2.43. The summed E-state index contributed by atoms with van der Waals surface area (Å²) in [5.41, 5.74) is 3.27. The first-order valence-corrected chi connectivity index (χ1v) is 46.4. The molecule has 4 aromatic heterocycles. The zero-order valence-corrected chi connectivity index (χ0v) is 60.1. The van der Waals surface area contributed by atoms with E-state index in [9.17, 15) is 44.4 Å². The predicted molar refractivity (Wildman–Crippen MR) is 358 cm³/mol. The smallest absolute Gasteiger partial charge is 0.343 e. The van der Waals surface area contributed by atoms with Crippen molar-refractivity contribution < 1.29 is 80.9 Å². The molecule has 13 rings (SSSR count). The molecule has 7 aliphatic rings. The van der Waals surface area contributed by atoms with Gasteiger partial charge in [0.25, 0.3) is 17.1 Å². The van der Waals surface area contributed by atoms with Gasteiger partial charge in [0, 0.05) is 45.1 Å². The average Bonchev–Trinajstić information content (AvgIpc) is 1.50. The molecule has 92 heavy (non-hydrogen) atoms. The Hall–Kier alpha value is -6.24. The molecule has 0 aliphatic carbocycles. The molecule has 7 aliphatic heterocycles. The van der Waals surface area contributed by atoms with Gasteiger partial charge in [0.2, 0.25) is 0 Å². The lowest BCUT2D eigenvalue weighted by Crippen LogP contribution is -2.47. The van der Waals surface area contributed by atoms with E-state index in [0.717, 1.165) is 39.6 Å². The number of aliphatic hydroxyl groups is 2. The number of aromatic nitrogens is 4. The van der Waals surface area contributed by atoms with E-state index < -0.39 is 66.2 Å². The third-order valence-electron chi connectivity index (χ3n) is 16.7. The van der Waals surface area contributed by atoms with Gasteiger partial charge in [-0.15, -0.1) is 0 Å². The third kappa shape index (κ3) is 15.8. The molecule has 0 saturated carbocycles. The maximum atomic E-state index is 13.4. The maximum absolute atomic E-state index is 13.4. The van der Waals surface area contributed by atoms with Crippen LogP contribution in [0.15, 0.2) is 76.7 Å². The lowest BCUT2D eigenvalue weighted by Gasteiger charge is -2.35. The SMILES string of the molecule is C=C1OCCO1.CC[C@@]1(O)C(=O)OCc2c1cc1n(c2=O)Cc2c-1nc1ccc(O)cc1c2CC[Si](C)(C)O.CC[C@@]1(O)C(=O)OCc2c1cc1n(c2=O)Cc2cc3cc(O)ccc3nc2-1.C[SiH](C)O[SiH](C)C.C[Si](C)(CC1OCCO1)O[Si](C)(C)CC1OCCO1. The number of benzene rings is 2. The number of carbonyl (C=O) groups is 2. The first-order valence-electron chi connectivity index (χ1n) is 31.4. The summed E-state index contributed by atoms with van der Waals surface area (Å²) in [6.07, 6.45) is 0.652. The Balaban J connectivity index is 0.000000152. The van der Waals surface area contributed by atoms with Gasteiger partial charge in [-0.05, 0) is 158 Å². The maximum Gasteiger partial charge on any atom is 0.343 e. The minimum atomic E-state index is -2.36. The van der Waals surface area contributed by atoms with E-state index in [2.05, 4.69) is 63.9 Å². The van der Waals surface area contributed by atoms with E-state index in [1.807, 2.05) is 19.2 Å². The zero-order valence-electron chi connectivity index (χ0n) is 54.8. The van der Waals surface area contributed by atoms with Crippen LogP contribution in [0, 0.1) is 0 Å². The van der Waals surface area contributed by atoms with Gasteiger partial charge >= 0.3 is 11.9 Å². The highest BCUT2D eigenvalue weighted by Gasteiger charge is 2.47. The molecule has 0 unspecified atom stereocenters. The van der Waals surface area contributed by atoms with Crippen molar-refractivity contribution in [1.29, 1.82) is 0 Å². The Kier molecular flexibility index (Phi) is 21.6. The Bertz CT molecular complexity index is 3840. The van der Waals surface area contributed by atoms with Gasteiger partial charge < -0.3 is 80.5 Å². The Morgan fingerprint density at radius 3 is 1.54 bits per heavy atom. The first-order chi connectivity index (χ1) is 43.3. The Labute approximate surface area is 541 Å². The van der Waals surface area contributed by atoms with Crippen LogP contribution in [-0.2, 0) is 99.6 Å². The number of hydrogen-bond acceptors (Lipinski definition) is 21. The molecule has 5 N–H and O–H groups in total. The molecule has 0 radical (unpaired) electrons. The summed E-state index contributed by atoms with van der Waals surface area (Å²) in [7, 11) is -7.24. The summed E-state index contributed by atoms with van der Waals surface area (Å²) in [4.78, 5) is 70.9. The van der Waals surface area contributed by atoms with Crippen LogP contribution in [-0.4, -0.2) is 152 Å². The molecule has 0 bridgehead atoms. The largest absolute Gasteiger partial charge is 0.508 e. The molecule has 2 atom stereocenters. The molecule has 0 amide bonds. The fourth-order valence-corrected chi connectivity index (χ4v) is 26.4. The standard InChI is InChI=1S/C24H26N2O6Si.C20H16N2O5.C12H26O5Si2.C4H6O2.C4H14OSi2/c1-4-24(30)18-10-20-21-16(11-26(20)22(28)17(18)12-32-23(24)29)14(7-8-33(2,3)31)15-9-13(27)5-6-19(15)25-21;1-2-20(26)14-7-16-17-11(5-10-6-12(23)3-4-15(10)21-17)8-22(16)18(24)13(14)9-27-19(20)25;1-18(2,9-11-13-5-6-14-11)17-19(3,4)10-12-15-7-8-16-12;1-4-5-2-3-6-4;1-6(2)5-7(3)4/h5-6,9-10,27,30-31H,4,7-8,11-12H2,1-3H3;3-7,23,26H,2,8-9H2,1H3;11-12H,5-10H2,1-4H3;1-3H2;6-7H,1-4H3/t24-;20-;;;/m00.../s1. The van der Waals surface area contributed by atoms with Gasteiger partial charge in [-0.1, -0.05) is 13.8 Å². The minimum absolute atomic E-state index is 0.0644. The number of rotatable bonds is 13. The Morgan fingerprint density at radius 1 is 0.620 bits per heavy atom. The monoisotopic (exact) mass is 1360 g/mol. The number of aromatic hydroxyl groups is 2. The van der Waals surface area contributed by atoms with E-state index in [0.29, 0.717) is 110 Å². The summed E-state index contributed by atoms with van der Waals surface area (Å²) in [6, 6.07) is 17.6. The number of fused-ring (bicyclic) bond motifs is 10. The molecule has 28 heteroatoms. The molecular formula is C64H88N4O19Si5. The topological polar surface area (TPSA) is 297 Å². The number of nitrogens with zero attached hydrogens (tertiary/aromatic N) is 4. The van der Waals surface area contributed by atoms with Gasteiger partial charge in [-0.3, -0.25) is 9.59 Å². The predicted octanol–water partition coefficient (Wildman–Crippen LogP) is 7.94. The quantitative estimate of drug-likeness (QED) is 0.0540. The fraction of sp³-hybridized carbons (Fsp3) is 0.500. The summed E-state index contributed by atoms with van der Waals surface area (Å²) in [5, 5.41) is 43.2. The van der Waals surface area contributed by atoms with Crippen molar-refractivity contribution in [1.82, 2.24) is 19.1 Å². The lowest BCUT2D eigenvalue weighted by atomic mass is 9.86. The molecule has 0 spiro atoms. The van der Waals surface area contributed by atoms with Crippen LogP contribution in [0.3, 0.4) is 0 Å². The van der Waals surface area contributed by atoms with Gasteiger partial charge in [0.1, 0.15) is 37.9 Å². The van der Waals surface area contributed by atoms with E-state index in [4.69, 9.17) is 51.1 Å². The van der Waals surface area contributed by atoms with Crippen molar-refractivity contribution in [2.24, 2.45) is 0 Å². The summed E-state index contributed by atoms with van der Waals surface area (Å²) in [5.74, 6) is -0.760. The number of ether oxygens (including phenoxy) is 8. The lowest BCUT2D eigenvalue weighted by molar-refractivity contribution is -0.172. The number of cyclic esters (lactones) is 2. The number of carbonyl (C=O) groups excluding carboxylic acids is 2. The summed E-state index contributed by atoms with van der Waals surface area (Å²) < 4.78 is 57.0. The second-order valence-corrected chi connectivity index (χ2v) is 44.3. The molecule has 23 nitrogen and oxygen atoms in total. The zero-order chi connectivity index (χ0) is 66.8. The van der Waals surface area contributed by atoms with Gasteiger partial charge in [-0.25, -0.2) is 19.6 Å². The summed E-state index contributed by atoms with van der Waals surface area (Å²) in [6.45, 7) is 32.8. The van der Waals surface area contributed by atoms with E-state index in [-0.39, 0.29) is 78.9 Å². The van der Waals surface area contributed by atoms with Crippen molar-refractivity contribution in [3.8, 4) is 34.3 Å². The number of phenolic OH excluding ortho intramolecular Hbond substituents is 2. The van der Waals surface area contributed by atoms with Gasteiger partial charge in [0.05, 0.1) is 84.5 Å².